The number of aliphatic imine (C=N–C) groups is 1. The summed E-state index contributed by atoms with van der Waals surface area (Å²) in [6.45, 7) is 9.61. The van der Waals surface area contributed by atoms with E-state index in [1.54, 1.807) is 6.26 Å². The van der Waals surface area contributed by atoms with Gasteiger partial charge in [-0.25, -0.2) is 0 Å². The van der Waals surface area contributed by atoms with Crippen molar-refractivity contribution in [2.75, 3.05) is 6.61 Å². The van der Waals surface area contributed by atoms with Gasteiger partial charge in [-0.2, -0.15) is 0 Å². The molecule has 0 saturated heterocycles. The predicted octanol–water partition coefficient (Wildman–Crippen LogP) is 7.01. The van der Waals surface area contributed by atoms with Crippen LogP contribution in [0, 0.1) is 0 Å². The molecule has 0 heterocycles. The van der Waals surface area contributed by atoms with Crippen LogP contribution in [0.15, 0.2) is 65.0 Å². The van der Waals surface area contributed by atoms with Crippen LogP contribution >= 0.6 is 0 Å². The summed E-state index contributed by atoms with van der Waals surface area (Å²) in [5.74, 6) is 0.851. The quantitative estimate of drug-likeness (QED) is 0.162. The molecule has 3 nitrogen and oxygen atoms in total. The second kappa shape index (κ2) is 15.0. The highest BCUT2D eigenvalue weighted by Gasteiger charge is 1.99. The molecule has 0 atom stereocenters. The van der Waals surface area contributed by atoms with Crippen LogP contribution in [0.1, 0.15) is 65.4 Å². The molecule has 0 fully saturated rings. The first kappa shape index (κ1) is 22.9. The molecule has 0 bridgehead atoms. The minimum absolute atomic E-state index is 0.616. The molecular weight excluding hydrogens is 334 g/mol. The summed E-state index contributed by atoms with van der Waals surface area (Å²) in [6, 6.07) is 8.08. The SMILES string of the molecule is CC=NC(CCCCOCc1cccc(O/C=C/CC/C=C\C)c1)=C(C)C. The van der Waals surface area contributed by atoms with Crippen LogP contribution in [0.2, 0.25) is 0 Å². The Morgan fingerprint density at radius 2 is 1.89 bits per heavy atom. The molecular formula is C24H35NO2. The van der Waals surface area contributed by atoms with E-state index in [2.05, 4.69) is 37.1 Å². The fourth-order valence-electron chi connectivity index (χ4n) is 2.55. The van der Waals surface area contributed by atoms with Gasteiger partial charge in [0.15, 0.2) is 0 Å². The monoisotopic (exact) mass is 369 g/mol. The maximum atomic E-state index is 5.81. The van der Waals surface area contributed by atoms with Crippen molar-refractivity contribution in [3.63, 3.8) is 0 Å². The summed E-state index contributed by atoms with van der Waals surface area (Å²) in [5.41, 5.74) is 3.62. The average Bonchev–Trinajstić information content (AvgIpc) is 2.66. The van der Waals surface area contributed by atoms with E-state index in [-0.39, 0.29) is 0 Å². The van der Waals surface area contributed by atoms with Crippen LogP contribution in [0.25, 0.3) is 0 Å². The highest BCUT2D eigenvalue weighted by atomic mass is 16.5. The summed E-state index contributed by atoms with van der Waals surface area (Å²) in [5, 5.41) is 0. The maximum Gasteiger partial charge on any atom is 0.126 e. The fraction of sp³-hybridized carbons (Fsp3) is 0.458. The van der Waals surface area contributed by atoms with E-state index >= 15 is 0 Å². The Hall–Kier alpha value is -2.13. The second-order valence-electron chi connectivity index (χ2n) is 6.63. The van der Waals surface area contributed by atoms with Gasteiger partial charge in [0.1, 0.15) is 5.75 Å². The lowest BCUT2D eigenvalue weighted by atomic mass is 10.1. The third-order valence-corrected chi connectivity index (χ3v) is 4.02. The number of allylic oxidation sites excluding steroid dienone is 5. The molecule has 0 aliphatic rings. The molecule has 1 rings (SSSR count). The molecule has 0 aliphatic carbocycles. The second-order valence-corrected chi connectivity index (χ2v) is 6.63. The fourth-order valence-corrected chi connectivity index (χ4v) is 2.55. The van der Waals surface area contributed by atoms with Crippen molar-refractivity contribution in [2.24, 2.45) is 4.99 Å². The van der Waals surface area contributed by atoms with E-state index < -0.39 is 0 Å². The highest BCUT2D eigenvalue weighted by molar-refractivity contribution is 5.55. The number of hydrogen-bond donors (Lipinski definition) is 0. The van der Waals surface area contributed by atoms with Crippen LogP contribution in [-0.4, -0.2) is 12.8 Å². The molecule has 148 valence electrons. The molecule has 0 amide bonds. The van der Waals surface area contributed by atoms with Gasteiger partial charge in [0.2, 0.25) is 0 Å². The zero-order valence-corrected chi connectivity index (χ0v) is 17.4. The van der Waals surface area contributed by atoms with Crippen LogP contribution in [-0.2, 0) is 11.3 Å². The summed E-state index contributed by atoms with van der Waals surface area (Å²) in [4.78, 5) is 4.43. The first-order chi connectivity index (χ1) is 13.2. The number of unbranched alkanes of at least 4 members (excludes halogenated alkanes) is 2. The largest absolute Gasteiger partial charge is 0.465 e. The number of ether oxygens (including phenoxy) is 2. The molecule has 0 saturated carbocycles. The lowest BCUT2D eigenvalue weighted by molar-refractivity contribution is 0.117. The summed E-state index contributed by atoms with van der Waals surface area (Å²) in [7, 11) is 0. The molecule has 0 N–H and O–H groups in total. The average molecular weight is 370 g/mol. The first-order valence-electron chi connectivity index (χ1n) is 9.92. The van der Waals surface area contributed by atoms with E-state index in [4.69, 9.17) is 9.47 Å². The molecule has 0 spiro atoms. The number of benzene rings is 1. The predicted molar refractivity (Wildman–Crippen MR) is 116 cm³/mol. The van der Waals surface area contributed by atoms with Crippen LogP contribution in [0.3, 0.4) is 0 Å². The van der Waals surface area contributed by atoms with Crippen molar-refractivity contribution in [3.8, 4) is 5.75 Å². The topological polar surface area (TPSA) is 30.8 Å². The van der Waals surface area contributed by atoms with Crippen LogP contribution in [0.5, 0.6) is 5.75 Å². The first-order valence-corrected chi connectivity index (χ1v) is 9.92. The van der Waals surface area contributed by atoms with Gasteiger partial charge in [-0.3, -0.25) is 4.99 Å². The third-order valence-electron chi connectivity index (χ3n) is 4.02. The molecule has 1 aromatic carbocycles. The van der Waals surface area contributed by atoms with Crippen molar-refractivity contribution < 1.29 is 9.47 Å². The molecule has 1 aromatic rings. The number of hydrogen-bond acceptors (Lipinski definition) is 3. The minimum atomic E-state index is 0.616. The molecule has 3 heteroatoms. The normalized spacial score (nSPS) is 11.7. The minimum Gasteiger partial charge on any atom is -0.465 e. The Labute approximate surface area is 165 Å². The summed E-state index contributed by atoms with van der Waals surface area (Å²) < 4.78 is 11.5. The van der Waals surface area contributed by atoms with Gasteiger partial charge >= 0.3 is 0 Å². The third kappa shape index (κ3) is 11.2. The number of rotatable bonds is 13. The van der Waals surface area contributed by atoms with E-state index in [1.807, 2.05) is 44.3 Å². The molecule has 0 aromatic heterocycles. The van der Waals surface area contributed by atoms with Crippen molar-refractivity contribution in [1.29, 1.82) is 0 Å². The van der Waals surface area contributed by atoms with Gasteiger partial charge in [-0.1, -0.05) is 29.9 Å². The summed E-state index contributed by atoms with van der Waals surface area (Å²) >= 11 is 0. The zero-order chi connectivity index (χ0) is 19.7. The van der Waals surface area contributed by atoms with Crippen LogP contribution < -0.4 is 4.74 Å². The maximum absolute atomic E-state index is 5.81. The number of nitrogens with zero attached hydrogens (tertiary/aromatic N) is 1. The molecule has 0 radical (unpaired) electrons. The Morgan fingerprint density at radius 1 is 1.07 bits per heavy atom. The van der Waals surface area contributed by atoms with E-state index in [0.29, 0.717) is 6.61 Å². The van der Waals surface area contributed by atoms with Gasteiger partial charge in [-0.15, -0.1) is 0 Å². The molecule has 27 heavy (non-hydrogen) atoms. The lowest BCUT2D eigenvalue weighted by Gasteiger charge is -2.07. The van der Waals surface area contributed by atoms with Gasteiger partial charge in [0, 0.05) is 18.5 Å². The van der Waals surface area contributed by atoms with E-state index in [0.717, 1.165) is 50.0 Å². The van der Waals surface area contributed by atoms with Gasteiger partial charge in [-0.05, 0) is 83.6 Å². The Kier molecular flexibility index (Phi) is 12.7. The Morgan fingerprint density at radius 3 is 2.63 bits per heavy atom. The van der Waals surface area contributed by atoms with Crippen molar-refractivity contribution >= 4 is 6.21 Å². The van der Waals surface area contributed by atoms with Gasteiger partial charge in [0.25, 0.3) is 0 Å². The van der Waals surface area contributed by atoms with Gasteiger partial charge < -0.3 is 9.47 Å². The van der Waals surface area contributed by atoms with E-state index in [1.165, 1.54) is 11.3 Å². The molecule has 0 aliphatic heterocycles. The Bertz CT molecular complexity index is 638. The van der Waals surface area contributed by atoms with Crippen molar-refractivity contribution in [1.82, 2.24) is 0 Å². The van der Waals surface area contributed by atoms with Crippen LogP contribution in [0.4, 0.5) is 0 Å². The van der Waals surface area contributed by atoms with E-state index in [9.17, 15) is 0 Å². The highest BCUT2D eigenvalue weighted by Crippen LogP contribution is 2.16. The lowest BCUT2D eigenvalue weighted by Crippen LogP contribution is -1.96. The zero-order valence-electron chi connectivity index (χ0n) is 17.4. The van der Waals surface area contributed by atoms with Crippen molar-refractivity contribution in [2.45, 2.75) is 66.4 Å². The standard InChI is InChI=1S/C24H35NO2/c1-5-7-8-9-11-18-27-23-15-13-14-22(19-23)20-26-17-12-10-16-24(21(3)4)25-6-2/h5-7,11,13-15,18-19H,8-10,12,16-17,20H2,1-4H3/b7-5-,18-11+,25-6?. The Balaban J connectivity index is 2.26. The molecule has 0 unspecified atom stereocenters. The van der Waals surface area contributed by atoms with Crippen molar-refractivity contribution in [3.05, 3.63) is 65.6 Å². The van der Waals surface area contributed by atoms with Gasteiger partial charge in [0.05, 0.1) is 12.9 Å². The summed E-state index contributed by atoms with van der Waals surface area (Å²) in [6.07, 6.45) is 15.1. The smallest absolute Gasteiger partial charge is 0.126 e.